The van der Waals surface area contributed by atoms with E-state index in [9.17, 15) is 4.79 Å². The molecule has 1 N–H and O–H groups in total. The van der Waals surface area contributed by atoms with Gasteiger partial charge in [0.1, 0.15) is 5.76 Å². The molecule has 3 heteroatoms. The van der Waals surface area contributed by atoms with E-state index in [4.69, 9.17) is 9.52 Å². The van der Waals surface area contributed by atoms with Crippen molar-refractivity contribution in [3.05, 3.63) is 36.3 Å². The van der Waals surface area contributed by atoms with Gasteiger partial charge < -0.3 is 9.52 Å². The summed E-state index contributed by atoms with van der Waals surface area (Å²) in [6.45, 7) is 6.52. The number of carbonyl (C=O) groups is 1. The summed E-state index contributed by atoms with van der Waals surface area (Å²) in [6.07, 6.45) is 1.66. The molecule has 0 aliphatic carbocycles. The van der Waals surface area contributed by atoms with Crippen LogP contribution in [0.15, 0.2) is 35.0 Å². The molecule has 3 nitrogen and oxygen atoms in total. The van der Waals surface area contributed by atoms with E-state index in [1.807, 2.05) is 19.1 Å². The van der Waals surface area contributed by atoms with Crippen molar-refractivity contribution in [3.63, 3.8) is 0 Å². The fourth-order valence-corrected chi connectivity index (χ4v) is 0.361. The molecule has 1 rings (SSSR count). The molecule has 0 saturated heterocycles. The van der Waals surface area contributed by atoms with Crippen LogP contribution in [0.25, 0.3) is 0 Å². The monoisotopic (exact) mass is 168 g/mol. The van der Waals surface area contributed by atoms with Crippen LogP contribution in [-0.4, -0.2) is 11.1 Å². The van der Waals surface area contributed by atoms with Crippen molar-refractivity contribution in [1.82, 2.24) is 0 Å². The van der Waals surface area contributed by atoms with Gasteiger partial charge in [-0.05, 0) is 26.0 Å². The molecule has 0 bridgehead atoms. The second-order valence-electron chi connectivity index (χ2n) is 2.31. The Labute approximate surface area is 71.3 Å². The Hall–Kier alpha value is -1.51. The molecular weight excluding hydrogens is 156 g/mol. The molecule has 0 atom stereocenters. The van der Waals surface area contributed by atoms with Gasteiger partial charge in [-0.3, -0.25) is 0 Å². The minimum absolute atomic E-state index is 0.176. The summed E-state index contributed by atoms with van der Waals surface area (Å²) in [7, 11) is 0. The molecule has 1 heterocycles. The normalized spacial score (nSPS) is 8.17. The van der Waals surface area contributed by atoms with Gasteiger partial charge in [-0.25, -0.2) is 4.79 Å². The van der Waals surface area contributed by atoms with Crippen LogP contribution >= 0.6 is 0 Å². The van der Waals surface area contributed by atoms with Crippen LogP contribution < -0.4 is 0 Å². The maximum Gasteiger partial charge on any atom is 0.330 e. The lowest BCUT2D eigenvalue weighted by molar-refractivity contribution is -0.132. The first kappa shape index (κ1) is 10.5. The Bertz CT molecular complexity index is 235. The van der Waals surface area contributed by atoms with Crippen LogP contribution in [-0.2, 0) is 4.79 Å². The van der Waals surface area contributed by atoms with E-state index in [2.05, 4.69) is 6.58 Å². The Morgan fingerprint density at radius 1 is 1.67 bits per heavy atom. The molecule has 12 heavy (non-hydrogen) atoms. The summed E-state index contributed by atoms with van der Waals surface area (Å²) in [5.41, 5.74) is 0.176. The third-order valence-electron chi connectivity index (χ3n) is 1.03. The van der Waals surface area contributed by atoms with Crippen molar-refractivity contribution in [2.45, 2.75) is 13.8 Å². The van der Waals surface area contributed by atoms with Crippen LogP contribution in [0.4, 0.5) is 0 Å². The van der Waals surface area contributed by atoms with Gasteiger partial charge in [0.15, 0.2) is 0 Å². The molecule has 0 aliphatic rings. The summed E-state index contributed by atoms with van der Waals surface area (Å²) in [6, 6.07) is 3.79. The van der Waals surface area contributed by atoms with Crippen molar-refractivity contribution in [3.8, 4) is 0 Å². The Morgan fingerprint density at radius 3 is 2.25 bits per heavy atom. The molecule has 0 saturated carbocycles. The van der Waals surface area contributed by atoms with Gasteiger partial charge in [-0.1, -0.05) is 6.58 Å². The predicted octanol–water partition coefficient (Wildman–Crippen LogP) is 2.24. The van der Waals surface area contributed by atoms with Crippen LogP contribution in [0.1, 0.15) is 12.7 Å². The summed E-state index contributed by atoms with van der Waals surface area (Å²) < 4.78 is 4.83. The average Bonchev–Trinajstić information content (AvgIpc) is 2.40. The van der Waals surface area contributed by atoms with Gasteiger partial charge >= 0.3 is 5.97 Å². The number of aryl methyl sites for hydroxylation is 1. The van der Waals surface area contributed by atoms with Crippen LogP contribution in [0.2, 0.25) is 0 Å². The highest BCUT2D eigenvalue weighted by Crippen LogP contribution is 1.93. The summed E-state index contributed by atoms with van der Waals surface area (Å²) in [5.74, 6) is 0.0324. The first-order valence-corrected chi connectivity index (χ1v) is 3.43. The van der Waals surface area contributed by atoms with Gasteiger partial charge in [0.2, 0.25) is 0 Å². The van der Waals surface area contributed by atoms with Gasteiger partial charge in [0, 0.05) is 5.57 Å². The summed E-state index contributed by atoms with van der Waals surface area (Å²) >= 11 is 0. The lowest BCUT2D eigenvalue weighted by Gasteiger charge is -1.79. The fraction of sp³-hybridized carbons (Fsp3) is 0.222. The SMILES string of the molecule is C=C(C)C(=O)O.Cc1ccco1. The second-order valence-corrected chi connectivity index (χ2v) is 2.31. The van der Waals surface area contributed by atoms with Crippen molar-refractivity contribution in [2.75, 3.05) is 0 Å². The lowest BCUT2D eigenvalue weighted by atomic mass is 10.4. The number of hydrogen-bond donors (Lipinski definition) is 1. The van der Waals surface area contributed by atoms with Gasteiger partial charge in [-0.2, -0.15) is 0 Å². The van der Waals surface area contributed by atoms with E-state index >= 15 is 0 Å². The maximum absolute atomic E-state index is 9.60. The van der Waals surface area contributed by atoms with E-state index in [1.165, 1.54) is 6.92 Å². The van der Waals surface area contributed by atoms with E-state index in [0.29, 0.717) is 0 Å². The third kappa shape index (κ3) is 5.29. The number of hydrogen-bond acceptors (Lipinski definition) is 2. The van der Waals surface area contributed by atoms with Crippen LogP contribution in [0.3, 0.4) is 0 Å². The van der Waals surface area contributed by atoms with Crippen molar-refractivity contribution in [2.24, 2.45) is 0 Å². The highest BCUT2D eigenvalue weighted by molar-refractivity contribution is 5.84. The lowest BCUT2D eigenvalue weighted by Crippen LogP contribution is -1.92. The Balaban J connectivity index is 0.000000202. The summed E-state index contributed by atoms with van der Waals surface area (Å²) in [4.78, 5) is 9.60. The molecule has 0 amide bonds. The van der Waals surface area contributed by atoms with Gasteiger partial charge in [0.05, 0.1) is 6.26 Å². The van der Waals surface area contributed by atoms with Crippen molar-refractivity contribution in [1.29, 1.82) is 0 Å². The zero-order valence-corrected chi connectivity index (χ0v) is 7.20. The van der Waals surface area contributed by atoms with E-state index in [1.54, 1.807) is 6.26 Å². The molecule has 0 aromatic carbocycles. The summed E-state index contributed by atoms with van der Waals surface area (Å²) in [5, 5.41) is 7.89. The number of aliphatic carboxylic acids is 1. The molecule has 0 radical (unpaired) electrons. The molecule has 66 valence electrons. The molecule has 1 aromatic rings. The Kier molecular flexibility index (Phi) is 4.53. The van der Waals surface area contributed by atoms with Gasteiger partial charge in [-0.15, -0.1) is 0 Å². The topological polar surface area (TPSA) is 50.4 Å². The maximum atomic E-state index is 9.60. The fourth-order valence-electron chi connectivity index (χ4n) is 0.361. The quantitative estimate of drug-likeness (QED) is 0.654. The smallest absolute Gasteiger partial charge is 0.330 e. The largest absolute Gasteiger partial charge is 0.478 e. The first-order chi connectivity index (χ1) is 5.54. The van der Waals surface area contributed by atoms with E-state index < -0.39 is 5.97 Å². The number of carboxylic acid groups (broad SMARTS) is 1. The molecular formula is C9H12O3. The van der Waals surface area contributed by atoms with Crippen LogP contribution in [0, 0.1) is 6.92 Å². The number of furan rings is 1. The molecule has 0 aliphatic heterocycles. The minimum atomic E-state index is -0.935. The second kappa shape index (κ2) is 5.18. The number of carboxylic acids is 1. The van der Waals surface area contributed by atoms with Crippen molar-refractivity contribution < 1.29 is 14.3 Å². The number of rotatable bonds is 1. The van der Waals surface area contributed by atoms with E-state index in [-0.39, 0.29) is 5.57 Å². The third-order valence-corrected chi connectivity index (χ3v) is 1.03. The zero-order chi connectivity index (χ0) is 9.56. The molecule has 0 unspecified atom stereocenters. The highest BCUT2D eigenvalue weighted by atomic mass is 16.4. The van der Waals surface area contributed by atoms with Gasteiger partial charge in [0.25, 0.3) is 0 Å². The Morgan fingerprint density at radius 2 is 2.17 bits per heavy atom. The minimum Gasteiger partial charge on any atom is -0.478 e. The standard InChI is InChI=1S/C5H6O.C4H6O2/c1-5-3-2-4-6-5;1-3(2)4(5)6/h2-4H,1H3;1H2,2H3,(H,5,6). The molecule has 0 fully saturated rings. The van der Waals surface area contributed by atoms with Crippen LogP contribution in [0.5, 0.6) is 0 Å². The first-order valence-electron chi connectivity index (χ1n) is 3.43. The predicted molar refractivity (Wildman–Crippen MR) is 45.9 cm³/mol. The molecule has 1 aromatic heterocycles. The van der Waals surface area contributed by atoms with Crippen molar-refractivity contribution >= 4 is 5.97 Å². The van der Waals surface area contributed by atoms with E-state index in [0.717, 1.165) is 5.76 Å². The average molecular weight is 168 g/mol. The highest BCUT2D eigenvalue weighted by Gasteiger charge is 1.90. The molecule has 0 spiro atoms. The zero-order valence-electron chi connectivity index (χ0n) is 7.20.